The van der Waals surface area contributed by atoms with Crippen molar-refractivity contribution in [1.82, 2.24) is 15.5 Å². The Bertz CT molecular complexity index is 526. The fourth-order valence-electron chi connectivity index (χ4n) is 3.30. The summed E-state index contributed by atoms with van der Waals surface area (Å²) in [7, 11) is 0. The van der Waals surface area contributed by atoms with Crippen molar-refractivity contribution in [3.05, 3.63) is 35.9 Å². The van der Waals surface area contributed by atoms with E-state index < -0.39 is 0 Å². The van der Waals surface area contributed by atoms with Gasteiger partial charge in [0.15, 0.2) is 0 Å². The molecule has 2 amide bonds. The number of benzene rings is 1. The first-order valence-electron chi connectivity index (χ1n) is 8.13. The van der Waals surface area contributed by atoms with Gasteiger partial charge in [0, 0.05) is 24.7 Å². The third-order valence-corrected chi connectivity index (χ3v) is 4.48. The predicted octanol–water partition coefficient (Wildman–Crippen LogP) is 1.16. The fraction of sp³-hybridized carbons (Fsp3) is 0.529. The van der Waals surface area contributed by atoms with Gasteiger partial charge in [0.05, 0.1) is 0 Å². The van der Waals surface area contributed by atoms with Crippen LogP contribution in [0.3, 0.4) is 0 Å². The van der Waals surface area contributed by atoms with Crippen LogP contribution in [0, 0.1) is 0 Å². The van der Waals surface area contributed by atoms with E-state index in [9.17, 15) is 9.59 Å². The molecule has 118 valence electrons. The largest absolute Gasteiger partial charge is 0.350 e. The predicted molar refractivity (Wildman–Crippen MR) is 84.5 cm³/mol. The fourth-order valence-corrected chi connectivity index (χ4v) is 3.30. The highest BCUT2D eigenvalue weighted by Crippen LogP contribution is 2.20. The van der Waals surface area contributed by atoms with Crippen molar-refractivity contribution in [3.8, 4) is 0 Å². The Morgan fingerprint density at radius 1 is 1.14 bits per heavy atom. The molecule has 2 aliphatic heterocycles. The van der Waals surface area contributed by atoms with Crippen molar-refractivity contribution in [2.45, 2.75) is 37.8 Å². The summed E-state index contributed by atoms with van der Waals surface area (Å²) >= 11 is 0. The van der Waals surface area contributed by atoms with E-state index in [0.29, 0.717) is 12.1 Å². The zero-order valence-electron chi connectivity index (χ0n) is 12.8. The second-order valence-electron chi connectivity index (χ2n) is 6.07. The number of nitrogens with one attached hydrogen (secondary N) is 2. The van der Waals surface area contributed by atoms with Crippen LogP contribution in [0.25, 0.3) is 0 Å². The number of carbonyl (C=O) groups is 2. The molecule has 0 radical (unpaired) electrons. The zero-order chi connectivity index (χ0) is 15.4. The quantitative estimate of drug-likeness (QED) is 0.881. The maximum absolute atomic E-state index is 12.6. The lowest BCUT2D eigenvalue weighted by molar-refractivity contribution is -0.125. The van der Waals surface area contributed by atoms with Crippen molar-refractivity contribution in [1.29, 1.82) is 0 Å². The molecule has 0 bridgehead atoms. The van der Waals surface area contributed by atoms with E-state index in [1.165, 1.54) is 0 Å². The van der Waals surface area contributed by atoms with Crippen molar-refractivity contribution in [3.63, 3.8) is 0 Å². The number of amides is 2. The molecule has 0 saturated carbocycles. The topological polar surface area (TPSA) is 61.4 Å². The lowest BCUT2D eigenvalue weighted by atomic mass is 10.1. The van der Waals surface area contributed by atoms with Gasteiger partial charge in [-0.15, -0.1) is 0 Å². The number of nitrogens with zero attached hydrogens (tertiary/aromatic N) is 1. The van der Waals surface area contributed by atoms with Gasteiger partial charge in [-0.25, -0.2) is 0 Å². The highest BCUT2D eigenvalue weighted by Gasteiger charge is 2.35. The monoisotopic (exact) mass is 301 g/mol. The highest BCUT2D eigenvalue weighted by atomic mass is 16.2. The summed E-state index contributed by atoms with van der Waals surface area (Å²) in [6.45, 7) is 2.51. The van der Waals surface area contributed by atoms with E-state index in [1.807, 2.05) is 18.2 Å². The Morgan fingerprint density at radius 2 is 1.95 bits per heavy atom. The number of rotatable bonds is 3. The highest BCUT2D eigenvalue weighted by molar-refractivity contribution is 5.97. The number of likely N-dealkylation sites (tertiary alicyclic amines) is 1. The number of hydrogen-bond acceptors (Lipinski definition) is 3. The van der Waals surface area contributed by atoms with Crippen LogP contribution >= 0.6 is 0 Å². The average Bonchev–Trinajstić information content (AvgIpc) is 3.05. The summed E-state index contributed by atoms with van der Waals surface area (Å²) in [4.78, 5) is 26.8. The van der Waals surface area contributed by atoms with Crippen molar-refractivity contribution < 1.29 is 9.59 Å². The van der Waals surface area contributed by atoms with Crippen LogP contribution in [0.5, 0.6) is 0 Å². The lowest BCUT2D eigenvalue weighted by Gasteiger charge is -2.28. The molecule has 1 aromatic carbocycles. The molecular formula is C17H23N3O2. The maximum Gasteiger partial charge on any atom is 0.254 e. The van der Waals surface area contributed by atoms with E-state index >= 15 is 0 Å². The first kappa shape index (κ1) is 15.0. The van der Waals surface area contributed by atoms with Gasteiger partial charge in [-0.1, -0.05) is 18.2 Å². The van der Waals surface area contributed by atoms with Crippen LogP contribution in [-0.2, 0) is 4.79 Å². The van der Waals surface area contributed by atoms with Crippen LogP contribution in [0.1, 0.15) is 36.0 Å². The molecule has 2 atom stereocenters. The molecule has 2 fully saturated rings. The van der Waals surface area contributed by atoms with Crippen LogP contribution < -0.4 is 10.6 Å². The van der Waals surface area contributed by atoms with Crippen molar-refractivity contribution in [2.75, 3.05) is 19.6 Å². The van der Waals surface area contributed by atoms with E-state index in [-0.39, 0.29) is 23.9 Å². The molecule has 1 aromatic rings. The van der Waals surface area contributed by atoms with Crippen LogP contribution in [0.2, 0.25) is 0 Å². The summed E-state index contributed by atoms with van der Waals surface area (Å²) in [5.41, 5.74) is 0.654. The minimum Gasteiger partial charge on any atom is -0.350 e. The summed E-state index contributed by atoms with van der Waals surface area (Å²) < 4.78 is 0. The SMILES string of the molecule is O=C(NC1CCCNC1)C1CCCN1C(=O)c1ccccc1. The van der Waals surface area contributed by atoms with Gasteiger partial charge in [0.25, 0.3) is 5.91 Å². The first-order valence-corrected chi connectivity index (χ1v) is 8.13. The Kier molecular flexibility index (Phi) is 4.73. The standard InChI is InChI=1S/C17H23N3O2/c21-16(19-14-8-4-10-18-12-14)15-9-5-11-20(15)17(22)13-6-2-1-3-7-13/h1-3,6-7,14-15,18H,4-5,8-12H2,(H,19,21). The van der Waals surface area contributed by atoms with Crippen molar-refractivity contribution in [2.24, 2.45) is 0 Å². The Balaban J connectivity index is 1.64. The minimum atomic E-state index is -0.324. The Morgan fingerprint density at radius 3 is 2.68 bits per heavy atom. The second-order valence-corrected chi connectivity index (χ2v) is 6.07. The van der Waals surface area contributed by atoms with Crippen molar-refractivity contribution >= 4 is 11.8 Å². The lowest BCUT2D eigenvalue weighted by Crippen LogP contribution is -2.52. The molecule has 2 N–H and O–H groups in total. The van der Waals surface area contributed by atoms with E-state index in [4.69, 9.17) is 0 Å². The van der Waals surface area contributed by atoms with Gasteiger partial charge in [-0.2, -0.15) is 0 Å². The van der Waals surface area contributed by atoms with E-state index in [0.717, 1.165) is 38.8 Å². The molecule has 22 heavy (non-hydrogen) atoms. The van der Waals surface area contributed by atoms with Gasteiger partial charge in [0.1, 0.15) is 6.04 Å². The summed E-state index contributed by atoms with van der Waals surface area (Å²) in [5.74, 6) is -0.0458. The van der Waals surface area contributed by atoms with Gasteiger partial charge >= 0.3 is 0 Å². The number of carbonyl (C=O) groups excluding carboxylic acids is 2. The maximum atomic E-state index is 12.6. The molecule has 2 unspecified atom stereocenters. The molecule has 2 aliphatic rings. The van der Waals surface area contributed by atoms with Gasteiger partial charge in [-0.05, 0) is 44.4 Å². The molecule has 2 heterocycles. The normalized spacial score (nSPS) is 25.0. The molecular weight excluding hydrogens is 278 g/mol. The third-order valence-electron chi connectivity index (χ3n) is 4.48. The molecule has 0 aliphatic carbocycles. The molecule has 0 spiro atoms. The van der Waals surface area contributed by atoms with Gasteiger partial charge < -0.3 is 15.5 Å². The molecule has 2 saturated heterocycles. The zero-order valence-corrected chi connectivity index (χ0v) is 12.8. The van der Waals surface area contributed by atoms with Gasteiger partial charge in [0.2, 0.25) is 5.91 Å². The average molecular weight is 301 g/mol. The van der Waals surface area contributed by atoms with E-state index in [1.54, 1.807) is 17.0 Å². The van der Waals surface area contributed by atoms with Crippen LogP contribution in [0.4, 0.5) is 0 Å². The Labute approximate surface area is 131 Å². The third kappa shape index (κ3) is 3.30. The summed E-state index contributed by atoms with van der Waals surface area (Å²) in [6, 6.07) is 9.07. The smallest absolute Gasteiger partial charge is 0.254 e. The van der Waals surface area contributed by atoms with Gasteiger partial charge in [-0.3, -0.25) is 9.59 Å². The van der Waals surface area contributed by atoms with E-state index in [2.05, 4.69) is 10.6 Å². The molecule has 0 aromatic heterocycles. The summed E-state index contributed by atoms with van der Waals surface area (Å²) in [5, 5.41) is 6.40. The minimum absolute atomic E-state index is 0.00418. The first-order chi connectivity index (χ1) is 10.8. The molecule has 3 rings (SSSR count). The molecule has 5 heteroatoms. The second kappa shape index (κ2) is 6.92. The number of piperidine rings is 1. The molecule has 5 nitrogen and oxygen atoms in total. The number of hydrogen-bond donors (Lipinski definition) is 2. The van der Waals surface area contributed by atoms with Crippen LogP contribution in [-0.4, -0.2) is 48.4 Å². The van der Waals surface area contributed by atoms with Crippen LogP contribution in [0.15, 0.2) is 30.3 Å². The Hall–Kier alpha value is -1.88. The summed E-state index contributed by atoms with van der Waals surface area (Å²) in [6.07, 6.45) is 3.74.